The summed E-state index contributed by atoms with van der Waals surface area (Å²) in [5, 5.41) is 7.47. The topological polar surface area (TPSA) is 89.1 Å². The van der Waals surface area contributed by atoms with E-state index >= 15 is 0 Å². The first-order valence-corrected chi connectivity index (χ1v) is 18.4. The molecule has 1 fully saturated rings. The van der Waals surface area contributed by atoms with Gasteiger partial charge in [0.05, 0.1) is 25.7 Å². The lowest BCUT2D eigenvalue weighted by atomic mass is 9.86. The number of nitrogens with zero attached hydrogens (tertiary/aromatic N) is 1. The second kappa shape index (κ2) is 16.7. The van der Waals surface area contributed by atoms with E-state index in [2.05, 4.69) is 36.6 Å². The van der Waals surface area contributed by atoms with E-state index in [-0.39, 0.29) is 49.3 Å². The summed E-state index contributed by atoms with van der Waals surface area (Å²) in [6.07, 6.45) is 4.47. The van der Waals surface area contributed by atoms with Crippen LogP contribution in [0.5, 0.6) is 11.5 Å². The second-order valence-electron chi connectivity index (χ2n) is 13.7. The fraction of sp³-hybridized carbons (Fsp3) is 0.381. The summed E-state index contributed by atoms with van der Waals surface area (Å²) in [4.78, 5) is 28.2. The molecule has 1 saturated carbocycles. The number of alkyl carbamates (subject to hydrolysis) is 1. The molecule has 2 N–H and O–H groups in total. The predicted molar refractivity (Wildman–Crippen MR) is 202 cm³/mol. The van der Waals surface area contributed by atoms with Gasteiger partial charge in [-0.2, -0.15) is 0 Å². The van der Waals surface area contributed by atoms with E-state index < -0.39 is 0 Å². The number of halogens is 1. The third-order valence-corrected chi connectivity index (χ3v) is 10.3. The molecule has 51 heavy (non-hydrogen) atoms. The Morgan fingerprint density at radius 3 is 2.25 bits per heavy atom. The molecule has 0 spiro atoms. The first-order chi connectivity index (χ1) is 24.7. The molecule has 1 aliphatic heterocycles. The van der Waals surface area contributed by atoms with Crippen LogP contribution in [0.2, 0.25) is 5.02 Å². The van der Waals surface area contributed by atoms with Gasteiger partial charge < -0.3 is 29.7 Å². The number of carbonyl (C=O) groups excluding carboxylic acids is 2. The lowest BCUT2D eigenvalue weighted by Crippen LogP contribution is -2.43. The molecule has 8 nitrogen and oxygen atoms in total. The Balaban J connectivity index is 1.13. The van der Waals surface area contributed by atoms with Gasteiger partial charge in [0.25, 0.3) is 0 Å². The van der Waals surface area contributed by atoms with Crippen molar-refractivity contribution in [1.82, 2.24) is 10.6 Å². The fourth-order valence-electron chi connectivity index (χ4n) is 7.08. The monoisotopic (exact) mass is 709 g/mol. The summed E-state index contributed by atoms with van der Waals surface area (Å²) in [7, 11) is 1.63. The SMILES string of the molecule is CC[C@@H](C)Oc1cc2c(cc1OC)CC(=O)N(c1ccc(C(C)NC3CCC(NC(=O)OCc4ccccc4)CC3)cc1)C2c1ccc(Cl)cc1. The molecule has 3 atom stereocenters. The van der Waals surface area contributed by atoms with Crippen molar-refractivity contribution in [2.24, 2.45) is 0 Å². The zero-order chi connectivity index (χ0) is 35.9. The van der Waals surface area contributed by atoms with E-state index in [4.69, 9.17) is 25.8 Å². The molecule has 4 aromatic rings. The van der Waals surface area contributed by atoms with Gasteiger partial charge in [0.1, 0.15) is 6.61 Å². The van der Waals surface area contributed by atoms with Crippen molar-refractivity contribution >= 4 is 29.3 Å². The Bertz CT molecular complexity index is 1780. The number of benzene rings is 4. The molecule has 2 amide bonds. The van der Waals surface area contributed by atoms with Gasteiger partial charge in [-0.05, 0) is 110 Å². The van der Waals surface area contributed by atoms with Crippen LogP contribution in [0.4, 0.5) is 10.5 Å². The summed E-state index contributed by atoms with van der Waals surface area (Å²) < 4.78 is 17.4. The average Bonchev–Trinajstić information content (AvgIpc) is 3.15. The molecule has 0 bridgehead atoms. The van der Waals surface area contributed by atoms with Gasteiger partial charge in [0.15, 0.2) is 11.5 Å². The van der Waals surface area contributed by atoms with Gasteiger partial charge in [0.2, 0.25) is 5.91 Å². The molecule has 1 heterocycles. The van der Waals surface area contributed by atoms with Crippen molar-refractivity contribution in [2.45, 2.75) is 96.2 Å². The minimum Gasteiger partial charge on any atom is -0.493 e. The van der Waals surface area contributed by atoms with Gasteiger partial charge >= 0.3 is 6.09 Å². The molecule has 0 saturated heterocycles. The van der Waals surface area contributed by atoms with Crippen LogP contribution in [-0.4, -0.2) is 37.3 Å². The number of methoxy groups -OCH3 is 1. The number of anilines is 1. The highest BCUT2D eigenvalue weighted by Crippen LogP contribution is 2.44. The molecule has 1 aliphatic carbocycles. The zero-order valence-corrected chi connectivity index (χ0v) is 30.6. The molecule has 9 heteroatoms. The minimum absolute atomic E-state index is 0.00772. The van der Waals surface area contributed by atoms with E-state index in [9.17, 15) is 9.59 Å². The second-order valence-corrected chi connectivity index (χ2v) is 14.1. The van der Waals surface area contributed by atoms with Crippen LogP contribution >= 0.6 is 11.6 Å². The molecule has 2 unspecified atom stereocenters. The number of rotatable bonds is 12. The lowest BCUT2D eigenvalue weighted by Gasteiger charge is -2.38. The molecule has 0 aromatic heterocycles. The summed E-state index contributed by atoms with van der Waals surface area (Å²) in [6, 6.07) is 29.9. The van der Waals surface area contributed by atoms with E-state index in [0.29, 0.717) is 22.6 Å². The lowest BCUT2D eigenvalue weighted by molar-refractivity contribution is -0.118. The largest absolute Gasteiger partial charge is 0.493 e. The molecular weight excluding hydrogens is 662 g/mol. The van der Waals surface area contributed by atoms with Crippen molar-refractivity contribution in [3.05, 3.63) is 124 Å². The quantitative estimate of drug-likeness (QED) is 0.153. The van der Waals surface area contributed by atoms with Crippen LogP contribution in [-0.2, 0) is 22.6 Å². The molecule has 2 aliphatic rings. The third-order valence-electron chi connectivity index (χ3n) is 10.1. The van der Waals surface area contributed by atoms with Crippen molar-refractivity contribution in [3.63, 3.8) is 0 Å². The van der Waals surface area contributed by atoms with Gasteiger partial charge in [-0.25, -0.2) is 4.79 Å². The van der Waals surface area contributed by atoms with Crippen LogP contribution in [0.25, 0.3) is 0 Å². The Morgan fingerprint density at radius 2 is 1.59 bits per heavy atom. The fourth-order valence-corrected chi connectivity index (χ4v) is 7.21. The first kappa shape index (κ1) is 36.3. The smallest absolute Gasteiger partial charge is 0.407 e. The summed E-state index contributed by atoms with van der Waals surface area (Å²) in [5.74, 6) is 1.30. The number of ether oxygens (including phenoxy) is 3. The maximum absolute atomic E-state index is 14.0. The van der Waals surface area contributed by atoms with Crippen molar-refractivity contribution < 1.29 is 23.8 Å². The summed E-state index contributed by atoms with van der Waals surface area (Å²) in [5.41, 5.74) is 5.83. The normalized spacial score (nSPS) is 19.8. The predicted octanol–water partition coefficient (Wildman–Crippen LogP) is 9.09. The van der Waals surface area contributed by atoms with Crippen LogP contribution in [0.15, 0.2) is 91.0 Å². The van der Waals surface area contributed by atoms with E-state index in [0.717, 1.165) is 65.6 Å². The van der Waals surface area contributed by atoms with Crippen LogP contribution in [0.1, 0.15) is 92.8 Å². The number of carbonyl (C=O) groups is 2. The Kier molecular flexibility index (Phi) is 11.8. The highest BCUT2D eigenvalue weighted by Gasteiger charge is 2.36. The maximum Gasteiger partial charge on any atom is 0.407 e. The Hall–Kier alpha value is -4.53. The molecule has 4 aromatic carbocycles. The van der Waals surface area contributed by atoms with Gasteiger partial charge in [-0.3, -0.25) is 4.79 Å². The maximum atomic E-state index is 14.0. The molecular formula is C42H48ClN3O5. The van der Waals surface area contributed by atoms with Gasteiger partial charge in [-0.1, -0.05) is 73.1 Å². The van der Waals surface area contributed by atoms with Crippen LogP contribution in [0, 0.1) is 0 Å². The zero-order valence-electron chi connectivity index (χ0n) is 29.9. The van der Waals surface area contributed by atoms with E-state index in [1.165, 1.54) is 0 Å². The van der Waals surface area contributed by atoms with E-state index in [1.807, 2.05) is 90.7 Å². The standard InChI is InChI=1S/C42H48ClN3O5/c1-5-27(2)51-39-25-37-32(23-38(39)49-4)24-40(47)46(41(37)31-11-15-33(43)16-12-31)36-21-13-30(14-22-36)28(3)44-34-17-19-35(20-18-34)45-42(48)50-26-29-9-7-6-8-10-29/h6-16,21-23,25,27-28,34-35,41,44H,5,17-20,24,26H2,1-4H3,(H,45,48)/t27-,28?,34?,35?,41?/m1/s1. The number of hydrogen-bond acceptors (Lipinski definition) is 6. The van der Waals surface area contributed by atoms with Crippen molar-refractivity contribution in [3.8, 4) is 11.5 Å². The molecule has 6 rings (SSSR count). The molecule has 0 radical (unpaired) electrons. The van der Waals surface area contributed by atoms with Crippen LogP contribution < -0.4 is 25.0 Å². The molecule has 268 valence electrons. The average molecular weight is 710 g/mol. The summed E-state index contributed by atoms with van der Waals surface area (Å²) in [6.45, 7) is 6.57. The van der Waals surface area contributed by atoms with Crippen molar-refractivity contribution in [1.29, 1.82) is 0 Å². The Morgan fingerprint density at radius 1 is 0.902 bits per heavy atom. The summed E-state index contributed by atoms with van der Waals surface area (Å²) >= 11 is 6.30. The number of fused-ring (bicyclic) bond motifs is 1. The number of nitrogens with one attached hydrogen (secondary N) is 2. The number of amides is 2. The highest BCUT2D eigenvalue weighted by atomic mass is 35.5. The Labute approximate surface area is 306 Å². The van der Waals surface area contributed by atoms with E-state index in [1.54, 1.807) is 7.11 Å². The van der Waals surface area contributed by atoms with Gasteiger partial charge in [0, 0.05) is 28.8 Å². The van der Waals surface area contributed by atoms with Gasteiger partial charge in [-0.15, -0.1) is 0 Å². The van der Waals surface area contributed by atoms with Crippen LogP contribution in [0.3, 0.4) is 0 Å². The first-order valence-electron chi connectivity index (χ1n) is 18.0. The highest BCUT2D eigenvalue weighted by molar-refractivity contribution is 6.30. The number of hydrogen-bond donors (Lipinski definition) is 2. The minimum atomic E-state index is -0.371. The van der Waals surface area contributed by atoms with Crippen molar-refractivity contribution in [2.75, 3.05) is 12.0 Å². The third kappa shape index (κ3) is 8.86.